The molecule has 3 heterocycles. The Morgan fingerprint density at radius 1 is 0.436 bits per heavy atom. The minimum Gasteiger partial charge on any atom is -0.310 e. The second-order valence-corrected chi connectivity index (χ2v) is 13.9. The average molecular weight is 700 g/mol. The highest BCUT2D eigenvalue weighted by Crippen LogP contribution is 2.41. The van der Waals surface area contributed by atoms with Crippen LogP contribution in [0.5, 0.6) is 0 Å². The van der Waals surface area contributed by atoms with Crippen LogP contribution in [0.2, 0.25) is 0 Å². The van der Waals surface area contributed by atoms with E-state index in [-0.39, 0.29) is 0 Å². The number of nitriles is 1. The maximum absolute atomic E-state index is 10.1. The lowest BCUT2D eigenvalue weighted by Gasteiger charge is -2.16. The minimum atomic E-state index is 0.559. The van der Waals surface area contributed by atoms with Crippen LogP contribution in [0, 0.1) is 17.9 Å². The molecular weight excluding hydrogens is 671 g/mol. The van der Waals surface area contributed by atoms with Gasteiger partial charge in [0.15, 0.2) is 5.69 Å². The Morgan fingerprint density at radius 2 is 0.964 bits per heavy atom. The van der Waals surface area contributed by atoms with Crippen LogP contribution in [0.4, 0.5) is 5.69 Å². The van der Waals surface area contributed by atoms with E-state index >= 15 is 0 Å². The number of hydrogen-bond acceptors (Lipinski definition) is 1. The van der Waals surface area contributed by atoms with Crippen molar-refractivity contribution in [1.29, 1.82) is 5.26 Å². The fourth-order valence-electron chi connectivity index (χ4n) is 8.76. The fraction of sp³-hybridized carbons (Fsp3) is 0. The molecule has 0 saturated heterocycles. The molecule has 0 unspecified atom stereocenters. The van der Waals surface area contributed by atoms with Crippen molar-refractivity contribution in [3.8, 4) is 34.3 Å². The van der Waals surface area contributed by atoms with Gasteiger partial charge >= 0.3 is 0 Å². The monoisotopic (exact) mass is 699 g/mol. The van der Waals surface area contributed by atoms with E-state index in [1.54, 1.807) is 0 Å². The number of hydrogen-bond donors (Lipinski definition) is 0. The lowest BCUT2D eigenvalue weighted by Crippen LogP contribution is -1.98. The van der Waals surface area contributed by atoms with E-state index in [2.05, 4.69) is 158 Å². The number of rotatable bonds is 4. The van der Waals surface area contributed by atoms with Crippen LogP contribution in [0.15, 0.2) is 176 Å². The summed E-state index contributed by atoms with van der Waals surface area (Å²) in [6, 6.07) is 63.8. The van der Waals surface area contributed by atoms with E-state index in [9.17, 15) is 5.26 Å². The van der Waals surface area contributed by atoms with Crippen molar-refractivity contribution < 1.29 is 0 Å². The van der Waals surface area contributed by atoms with Crippen molar-refractivity contribution >= 4 is 71.1 Å². The molecule has 0 aliphatic rings. The van der Waals surface area contributed by atoms with Gasteiger partial charge in [-0.1, -0.05) is 103 Å². The first kappa shape index (κ1) is 30.7. The Bertz CT molecular complexity index is 3400. The Kier molecular flexibility index (Phi) is 6.61. The second kappa shape index (κ2) is 11.8. The SMILES string of the molecule is [C-]#[N+]c1ccc(-c2ccc(-n3c4ccccc4c4cc(-n5c6ccccc6c6ccccc65)ccc43)cc2)c(-n2c3ccccc3c3c(C#N)cccc32)c1. The summed E-state index contributed by atoms with van der Waals surface area (Å²) in [6.07, 6.45) is 0. The smallest absolute Gasteiger partial charge is 0.189 e. The van der Waals surface area contributed by atoms with E-state index in [0.29, 0.717) is 11.3 Å². The molecule has 0 spiro atoms. The van der Waals surface area contributed by atoms with E-state index < -0.39 is 0 Å². The molecule has 11 rings (SSSR count). The molecule has 3 aromatic heterocycles. The Hall–Kier alpha value is -7.86. The fourth-order valence-corrected chi connectivity index (χ4v) is 8.76. The van der Waals surface area contributed by atoms with Gasteiger partial charge in [-0.3, -0.25) is 0 Å². The van der Waals surface area contributed by atoms with Gasteiger partial charge in [-0.25, -0.2) is 4.85 Å². The Morgan fingerprint density at radius 3 is 1.60 bits per heavy atom. The molecular formula is C50H29N5. The van der Waals surface area contributed by atoms with Gasteiger partial charge in [-0.15, -0.1) is 0 Å². The zero-order chi connectivity index (χ0) is 36.6. The van der Waals surface area contributed by atoms with Gasteiger partial charge in [0.2, 0.25) is 0 Å². The number of nitrogens with zero attached hydrogens (tertiary/aromatic N) is 5. The average Bonchev–Trinajstić information content (AvgIpc) is 3.89. The lowest BCUT2D eigenvalue weighted by atomic mass is 10.0. The third-order valence-electron chi connectivity index (χ3n) is 11.1. The molecule has 0 bridgehead atoms. The summed E-state index contributed by atoms with van der Waals surface area (Å²) >= 11 is 0. The third-order valence-corrected chi connectivity index (χ3v) is 11.1. The van der Waals surface area contributed by atoms with Crippen LogP contribution in [0.1, 0.15) is 5.56 Å². The standard InChI is InChI=1S/C50H29N5/c1-52-34-23-27-37(49(29-34)55-46-19-9-5-15-41(46)50-33(31-51)11-10-20-48(50)55)32-21-24-35(25-22-32)53-45-18-8-4-14-40(45)42-30-36(26-28-47(42)53)54-43-16-6-2-12-38(43)39-13-3-7-17-44(39)54/h2-30H. The summed E-state index contributed by atoms with van der Waals surface area (Å²) in [4.78, 5) is 3.81. The molecule has 0 N–H and O–H groups in total. The molecule has 254 valence electrons. The van der Waals surface area contributed by atoms with Gasteiger partial charge in [0.25, 0.3) is 0 Å². The first-order valence-electron chi connectivity index (χ1n) is 18.3. The minimum absolute atomic E-state index is 0.559. The van der Waals surface area contributed by atoms with Crippen molar-refractivity contribution in [3.05, 3.63) is 193 Å². The van der Waals surface area contributed by atoms with Gasteiger partial charge in [0, 0.05) is 54.9 Å². The maximum atomic E-state index is 10.1. The summed E-state index contributed by atoms with van der Waals surface area (Å²) in [5, 5.41) is 16.9. The highest BCUT2D eigenvalue weighted by molar-refractivity contribution is 6.13. The Labute approximate surface area is 316 Å². The summed E-state index contributed by atoms with van der Waals surface area (Å²) in [6.45, 7) is 7.86. The van der Waals surface area contributed by atoms with Crippen molar-refractivity contribution in [2.75, 3.05) is 0 Å². The van der Waals surface area contributed by atoms with Crippen molar-refractivity contribution in [1.82, 2.24) is 13.7 Å². The summed E-state index contributed by atoms with van der Waals surface area (Å²) in [5.74, 6) is 0. The van der Waals surface area contributed by atoms with E-state index in [4.69, 9.17) is 6.57 Å². The molecule has 55 heavy (non-hydrogen) atoms. The number of benzene rings is 8. The number of aromatic nitrogens is 3. The molecule has 0 atom stereocenters. The summed E-state index contributed by atoms with van der Waals surface area (Å²) < 4.78 is 6.93. The van der Waals surface area contributed by atoms with Crippen LogP contribution in [0.3, 0.4) is 0 Å². The first-order valence-corrected chi connectivity index (χ1v) is 18.3. The summed E-state index contributed by atoms with van der Waals surface area (Å²) in [5.41, 5.74) is 12.9. The van der Waals surface area contributed by atoms with Crippen LogP contribution in [-0.2, 0) is 0 Å². The lowest BCUT2D eigenvalue weighted by molar-refractivity contribution is 1.16. The van der Waals surface area contributed by atoms with Crippen molar-refractivity contribution in [2.24, 2.45) is 0 Å². The van der Waals surface area contributed by atoms with E-state index in [1.807, 2.05) is 42.5 Å². The normalized spacial score (nSPS) is 11.6. The zero-order valence-corrected chi connectivity index (χ0v) is 29.5. The van der Waals surface area contributed by atoms with Gasteiger partial charge in [0.1, 0.15) is 0 Å². The topological polar surface area (TPSA) is 42.9 Å². The van der Waals surface area contributed by atoms with Crippen LogP contribution in [0.25, 0.3) is 98.5 Å². The predicted molar refractivity (Wildman–Crippen MR) is 226 cm³/mol. The third kappa shape index (κ3) is 4.45. The van der Waals surface area contributed by atoms with Crippen LogP contribution < -0.4 is 0 Å². The zero-order valence-electron chi connectivity index (χ0n) is 29.5. The quantitative estimate of drug-likeness (QED) is 0.169. The van der Waals surface area contributed by atoms with E-state index in [1.165, 1.54) is 32.6 Å². The van der Waals surface area contributed by atoms with Gasteiger partial charge in [-0.05, 0) is 78.4 Å². The molecule has 0 radical (unpaired) electrons. The first-order chi connectivity index (χ1) is 27.2. The van der Waals surface area contributed by atoms with Crippen molar-refractivity contribution in [2.45, 2.75) is 0 Å². The molecule has 5 nitrogen and oxygen atoms in total. The Balaban J connectivity index is 1.08. The molecule has 5 heteroatoms. The largest absolute Gasteiger partial charge is 0.310 e. The second-order valence-electron chi connectivity index (χ2n) is 13.9. The maximum Gasteiger partial charge on any atom is 0.189 e. The predicted octanol–water partition coefficient (Wildman–Crippen LogP) is 13.1. The molecule has 11 aromatic rings. The molecule has 0 saturated carbocycles. The highest BCUT2D eigenvalue weighted by atomic mass is 15.0. The highest BCUT2D eigenvalue weighted by Gasteiger charge is 2.20. The number of fused-ring (bicyclic) bond motifs is 9. The van der Waals surface area contributed by atoms with Gasteiger partial charge < -0.3 is 13.7 Å². The van der Waals surface area contributed by atoms with Crippen LogP contribution in [-0.4, -0.2) is 13.7 Å². The number of para-hydroxylation sites is 4. The summed E-state index contributed by atoms with van der Waals surface area (Å²) in [7, 11) is 0. The molecule has 8 aromatic carbocycles. The van der Waals surface area contributed by atoms with E-state index in [0.717, 1.165) is 61.0 Å². The van der Waals surface area contributed by atoms with Crippen molar-refractivity contribution in [3.63, 3.8) is 0 Å². The molecule has 0 amide bonds. The molecule has 0 fully saturated rings. The van der Waals surface area contributed by atoms with Crippen LogP contribution >= 0.6 is 0 Å². The van der Waals surface area contributed by atoms with Gasteiger partial charge in [-0.2, -0.15) is 5.26 Å². The molecule has 0 aliphatic carbocycles. The van der Waals surface area contributed by atoms with Gasteiger partial charge in [0.05, 0.1) is 51.3 Å². The molecule has 0 aliphatic heterocycles.